The van der Waals surface area contributed by atoms with Gasteiger partial charge in [0.1, 0.15) is 18.4 Å². The Balaban J connectivity index is 1.83. The summed E-state index contributed by atoms with van der Waals surface area (Å²) in [5.74, 6) is 0.572. The Morgan fingerprint density at radius 1 is 1.32 bits per heavy atom. The predicted molar refractivity (Wildman–Crippen MR) is 97.8 cm³/mol. The number of benzene rings is 2. The molecule has 0 bridgehead atoms. The topological polar surface area (TPSA) is 87.0 Å². The van der Waals surface area contributed by atoms with Gasteiger partial charge in [0.25, 0.3) is 0 Å². The molecule has 2 aromatic carbocycles. The fourth-order valence-corrected chi connectivity index (χ4v) is 3.17. The number of aromatic nitrogens is 1. The van der Waals surface area contributed by atoms with Gasteiger partial charge in [-0.1, -0.05) is 41.7 Å². The van der Waals surface area contributed by atoms with Gasteiger partial charge in [-0.25, -0.2) is 9.78 Å². The molecule has 0 spiro atoms. The molecule has 2 N–H and O–H groups in total. The molecule has 6 nitrogen and oxygen atoms in total. The first-order valence-corrected chi connectivity index (χ1v) is 8.57. The summed E-state index contributed by atoms with van der Waals surface area (Å²) in [7, 11) is 0. The molecule has 3 rings (SSSR count). The van der Waals surface area contributed by atoms with Crippen LogP contribution in [-0.2, 0) is 6.61 Å². The Bertz CT molecular complexity index is 931. The second-order valence-electron chi connectivity index (χ2n) is 5.21. The van der Waals surface area contributed by atoms with E-state index in [1.807, 2.05) is 37.3 Å². The van der Waals surface area contributed by atoms with Crippen LogP contribution in [0.4, 0.5) is 9.93 Å². The molecule has 3 aromatic rings. The lowest BCUT2D eigenvalue weighted by atomic mass is 10.2. The SMILES string of the molecule is CCNC(=O)Nc1nc2cc(OCc3ccccc3)cc(C#N)c2s1. The van der Waals surface area contributed by atoms with E-state index < -0.39 is 0 Å². The molecule has 1 heterocycles. The normalized spacial score (nSPS) is 10.2. The molecule has 0 aliphatic heterocycles. The largest absolute Gasteiger partial charge is 0.489 e. The molecule has 0 atom stereocenters. The van der Waals surface area contributed by atoms with Crippen LogP contribution in [0.15, 0.2) is 42.5 Å². The van der Waals surface area contributed by atoms with Gasteiger partial charge in [-0.3, -0.25) is 5.32 Å². The number of ether oxygens (including phenoxy) is 1. The molecule has 2 amide bonds. The number of hydrogen-bond donors (Lipinski definition) is 2. The minimum absolute atomic E-state index is 0.319. The van der Waals surface area contributed by atoms with Gasteiger partial charge in [0.15, 0.2) is 5.13 Å². The van der Waals surface area contributed by atoms with Crippen molar-refractivity contribution in [2.24, 2.45) is 0 Å². The number of carbonyl (C=O) groups is 1. The van der Waals surface area contributed by atoms with Crippen molar-refractivity contribution in [3.63, 3.8) is 0 Å². The molecule has 126 valence electrons. The molecule has 0 aliphatic carbocycles. The molecule has 0 saturated carbocycles. The molecule has 1 aromatic heterocycles. The molecule has 0 unspecified atom stereocenters. The van der Waals surface area contributed by atoms with Crippen molar-refractivity contribution < 1.29 is 9.53 Å². The number of anilines is 1. The zero-order chi connectivity index (χ0) is 17.6. The first kappa shape index (κ1) is 16.7. The van der Waals surface area contributed by atoms with E-state index in [-0.39, 0.29) is 6.03 Å². The van der Waals surface area contributed by atoms with Crippen LogP contribution in [0.5, 0.6) is 5.75 Å². The minimum Gasteiger partial charge on any atom is -0.489 e. The number of amides is 2. The van der Waals surface area contributed by atoms with Gasteiger partial charge in [0.05, 0.1) is 15.8 Å². The molecule has 0 saturated heterocycles. The minimum atomic E-state index is -0.319. The Morgan fingerprint density at radius 3 is 2.84 bits per heavy atom. The summed E-state index contributed by atoms with van der Waals surface area (Å²) in [4.78, 5) is 16.0. The Morgan fingerprint density at radius 2 is 2.12 bits per heavy atom. The van der Waals surface area contributed by atoms with Gasteiger partial charge < -0.3 is 10.1 Å². The summed E-state index contributed by atoms with van der Waals surface area (Å²) in [6.45, 7) is 2.77. The third-order valence-electron chi connectivity index (χ3n) is 3.39. The number of rotatable bonds is 5. The van der Waals surface area contributed by atoms with Gasteiger partial charge in [-0.2, -0.15) is 5.26 Å². The molecule has 0 radical (unpaired) electrons. The highest BCUT2D eigenvalue weighted by atomic mass is 32.1. The van der Waals surface area contributed by atoms with E-state index >= 15 is 0 Å². The van der Waals surface area contributed by atoms with E-state index in [1.54, 1.807) is 12.1 Å². The zero-order valence-corrected chi connectivity index (χ0v) is 14.4. The summed E-state index contributed by atoms with van der Waals surface area (Å²) in [6.07, 6.45) is 0. The number of hydrogen-bond acceptors (Lipinski definition) is 5. The van der Waals surface area contributed by atoms with Crippen LogP contribution in [-0.4, -0.2) is 17.6 Å². The summed E-state index contributed by atoms with van der Waals surface area (Å²) in [5.41, 5.74) is 2.14. The van der Waals surface area contributed by atoms with Gasteiger partial charge >= 0.3 is 6.03 Å². The second kappa shape index (κ2) is 7.64. The number of nitrogens with zero attached hydrogens (tertiary/aromatic N) is 2. The molecule has 0 fully saturated rings. The van der Waals surface area contributed by atoms with Crippen molar-refractivity contribution in [2.75, 3.05) is 11.9 Å². The third kappa shape index (κ3) is 4.05. The standard InChI is InChI=1S/C18H16N4O2S/c1-2-20-17(23)22-18-21-15-9-14(8-13(10-19)16(15)25-18)24-11-12-6-4-3-5-7-12/h3-9H,2,11H2,1H3,(H2,20,21,22,23). The van der Waals surface area contributed by atoms with E-state index in [4.69, 9.17) is 4.74 Å². The lowest BCUT2D eigenvalue weighted by Gasteiger charge is -2.06. The van der Waals surface area contributed by atoms with E-state index in [0.29, 0.717) is 35.1 Å². The highest BCUT2D eigenvalue weighted by molar-refractivity contribution is 7.22. The van der Waals surface area contributed by atoms with Crippen LogP contribution in [0.1, 0.15) is 18.1 Å². The fraction of sp³-hybridized carbons (Fsp3) is 0.167. The number of nitrogens with one attached hydrogen (secondary N) is 2. The van der Waals surface area contributed by atoms with Crippen molar-refractivity contribution in [3.8, 4) is 11.8 Å². The van der Waals surface area contributed by atoms with Gasteiger partial charge in [0, 0.05) is 12.6 Å². The van der Waals surface area contributed by atoms with E-state index in [9.17, 15) is 10.1 Å². The number of carbonyl (C=O) groups excluding carboxylic acids is 1. The van der Waals surface area contributed by atoms with Gasteiger partial charge in [-0.05, 0) is 18.6 Å². The monoisotopic (exact) mass is 352 g/mol. The highest BCUT2D eigenvalue weighted by Gasteiger charge is 2.12. The summed E-state index contributed by atoms with van der Waals surface area (Å²) < 4.78 is 6.51. The quantitative estimate of drug-likeness (QED) is 0.729. The molecule has 25 heavy (non-hydrogen) atoms. The maximum absolute atomic E-state index is 11.6. The third-order valence-corrected chi connectivity index (χ3v) is 4.41. The number of nitriles is 1. The molecule has 0 aliphatic rings. The predicted octanol–water partition coefficient (Wildman–Crippen LogP) is 3.89. The lowest BCUT2D eigenvalue weighted by Crippen LogP contribution is -2.28. The molecular weight excluding hydrogens is 336 g/mol. The fourth-order valence-electron chi connectivity index (χ4n) is 2.27. The van der Waals surface area contributed by atoms with Gasteiger partial charge in [-0.15, -0.1) is 0 Å². The zero-order valence-electron chi connectivity index (χ0n) is 13.6. The van der Waals surface area contributed by atoms with E-state index in [1.165, 1.54) is 11.3 Å². The van der Waals surface area contributed by atoms with Crippen LogP contribution < -0.4 is 15.4 Å². The van der Waals surface area contributed by atoms with Gasteiger partial charge in [0.2, 0.25) is 0 Å². The molecular formula is C18H16N4O2S. The Hall–Kier alpha value is -3.11. The summed E-state index contributed by atoms with van der Waals surface area (Å²) in [6, 6.07) is 15.1. The van der Waals surface area contributed by atoms with Crippen LogP contribution in [0, 0.1) is 11.3 Å². The van der Waals surface area contributed by atoms with Crippen LogP contribution in [0.3, 0.4) is 0 Å². The summed E-state index contributed by atoms with van der Waals surface area (Å²) in [5, 5.41) is 15.1. The lowest BCUT2D eigenvalue weighted by molar-refractivity contribution is 0.252. The average molecular weight is 352 g/mol. The Kier molecular flexibility index (Phi) is 5.11. The maximum atomic E-state index is 11.6. The molecule has 7 heteroatoms. The van der Waals surface area contributed by atoms with E-state index in [0.717, 1.165) is 10.3 Å². The number of fused-ring (bicyclic) bond motifs is 1. The van der Waals surface area contributed by atoms with Crippen molar-refractivity contribution in [1.82, 2.24) is 10.3 Å². The Labute approximate surface area is 149 Å². The van der Waals surface area contributed by atoms with Crippen LogP contribution in [0.25, 0.3) is 10.2 Å². The smallest absolute Gasteiger partial charge is 0.321 e. The first-order valence-electron chi connectivity index (χ1n) is 7.76. The van der Waals surface area contributed by atoms with Crippen LogP contribution >= 0.6 is 11.3 Å². The van der Waals surface area contributed by atoms with Crippen molar-refractivity contribution in [3.05, 3.63) is 53.6 Å². The van der Waals surface area contributed by atoms with Crippen molar-refractivity contribution in [1.29, 1.82) is 5.26 Å². The highest BCUT2D eigenvalue weighted by Crippen LogP contribution is 2.32. The summed E-state index contributed by atoms with van der Waals surface area (Å²) >= 11 is 1.26. The van der Waals surface area contributed by atoms with E-state index in [2.05, 4.69) is 21.7 Å². The first-order chi connectivity index (χ1) is 12.2. The van der Waals surface area contributed by atoms with Crippen molar-refractivity contribution >= 4 is 32.7 Å². The average Bonchev–Trinajstić information content (AvgIpc) is 3.02. The second-order valence-corrected chi connectivity index (χ2v) is 6.21. The van der Waals surface area contributed by atoms with Crippen molar-refractivity contribution in [2.45, 2.75) is 13.5 Å². The number of thiazole rings is 1. The van der Waals surface area contributed by atoms with Crippen LogP contribution in [0.2, 0.25) is 0 Å². The maximum Gasteiger partial charge on any atom is 0.321 e. The number of urea groups is 1.